The second kappa shape index (κ2) is 5.76. The maximum absolute atomic E-state index is 2.31. The largest absolute Gasteiger partial charge is 0.213 e. The van der Waals surface area contributed by atoms with Crippen molar-refractivity contribution < 1.29 is 4.57 Å². The Hall–Kier alpha value is -2.41. The SMILES string of the molecule is Cc1ccc(-c2cc(-c3ccccc3)c(C)c[n+]2C)c(C)c1. The molecular formula is C21H22N+. The zero-order valence-electron chi connectivity index (χ0n) is 13.7. The monoisotopic (exact) mass is 288 g/mol. The summed E-state index contributed by atoms with van der Waals surface area (Å²) < 4.78 is 2.22. The van der Waals surface area contributed by atoms with E-state index in [1.165, 1.54) is 39.1 Å². The van der Waals surface area contributed by atoms with Crippen LogP contribution in [0, 0.1) is 20.8 Å². The lowest BCUT2D eigenvalue weighted by Gasteiger charge is -2.10. The summed E-state index contributed by atoms with van der Waals surface area (Å²) in [5.41, 5.74) is 9.03. The maximum Gasteiger partial charge on any atom is 0.213 e. The molecule has 0 aliphatic rings. The normalized spacial score (nSPS) is 10.7. The van der Waals surface area contributed by atoms with E-state index < -0.39 is 0 Å². The number of benzene rings is 2. The Morgan fingerprint density at radius 2 is 1.45 bits per heavy atom. The van der Waals surface area contributed by atoms with Gasteiger partial charge in [0.15, 0.2) is 6.20 Å². The zero-order valence-corrected chi connectivity index (χ0v) is 13.7. The summed E-state index contributed by atoms with van der Waals surface area (Å²) in [6.45, 7) is 6.50. The molecule has 3 aromatic rings. The minimum absolute atomic E-state index is 1.25. The van der Waals surface area contributed by atoms with Crippen molar-refractivity contribution in [2.24, 2.45) is 7.05 Å². The van der Waals surface area contributed by atoms with Gasteiger partial charge in [-0.25, -0.2) is 4.57 Å². The third-order valence-electron chi connectivity index (χ3n) is 4.22. The fourth-order valence-electron chi connectivity index (χ4n) is 3.08. The van der Waals surface area contributed by atoms with Crippen LogP contribution in [0.2, 0.25) is 0 Å². The van der Waals surface area contributed by atoms with E-state index >= 15 is 0 Å². The molecule has 0 saturated carbocycles. The van der Waals surface area contributed by atoms with Gasteiger partial charge >= 0.3 is 0 Å². The van der Waals surface area contributed by atoms with Gasteiger partial charge in [0.05, 0.1) is 0 Å². The smallest absolute Gasteiger partial charge is 0.201 e. The Bertz CT molecular complexity index is 817. The van der Waals surface area contributed by atoms with Gasteiger partial charge in [-0.3, -0.25) is 0 Å². The summed E-state index contributed by atoms with van der Waals surface area (Å²) in [6.07, 6.45) is 2.22. The van der Waals surface area contributed by atoms with Crippen molar-refractivity contribution >= 4 is 0 Å². The molecule has 110 valence electrons. The Morgan fingerprint density at radius 1 is 0.727 bits per heavy atom. The van der Waals surface area contributed by atoms with Crippen LogP contribution in [0.5, 0.6) is 0 Å². The molecule has 1 aromatic heterocycles. The number of pyridine rings is 1. The molecule has 0 aliphatic heterocycles. The van der Waals surface area contributed by atoms with Gasteiger partial charge in [0.1, 0.15) is 7.05 Å². The molecule has 0 spiro atoms. The zero-order chi connectivity index (χ0) is 15.7. The first-order valence-corrected chi connectivity index (χ1v) is 7.69. The van der Waals surface area contributed by atoms with E-state index in [0.29, 0.717) is 0 Å². The summed E-state index contributed by atoms with van der Waals surface area (Å²) in [7, 11) is 2.12. The highest BCUT2D eigenvalue weighted by Gasteiger charge is 2.16. The molecule has 1 heterocycles. The molecule has 1 nitrogen and oxygen atoms in total. The van der Waals surface area contributed by atoms with E-state index in [-0.39, 0.29) is 0 Å². The first kappa shape index (κ1) is 14.5. The lowest BCUT2D eigenvalue weighted by atomic mass is 9.97. The van der Waals surface area contributed by atoms with Crippen LogP contribution in [-0.4, -0.2) is 0 Å². The number of hydrogen-bond acceptors (Lipinski definition) is 0. The van der Waals surface area contributed by atoms with Gasteiger partial charge in [-0.15, -0.1) is 0 Å². The van der Waals surface area contributed by atoms with E-state index in [1.54, 1.807) is 0 Å². The Kier molecular flexibility index (Phi) is 3.81. The third-order valence-corrected chi connectivity index (χ3v) is 4.22. The third kappa shape index (κ3) is 2.67. The Morgan fingerprint density at radius 3 is 2.14 bits per heavy atom. The van der Waals surface area contributed by atoms with Crippen LogP contribution in [0.4, 0.5) is 0 Å². The van der Waals surface area contributed by atoms with Crippen molar-refractivity contribution in [1.82, 2.24) is 0 Å². The van der Waals surface area contributed by atoms with Crippen LogP contribution < -0.4 is 4.57 Å². The van der Waals surface area contributed by atoms with Crippen LogP contribution in [0.15, 0.2) is 60.8 Å². The molecule has 3 rings (SSSR count). The first-order chi connectivity index (χ1) is 10.6. The van der Waals surface area contributed by atoms with Crippen LogP contribution in [0.25, 0.3) is 22.4 Å². The minimum atomic E-state index is 1.25. The number of nitrogens with zero attached hydrogens (tertiary/aromatic N) is 1. The van der Waals surface area contributed by atoms with Crippen LogP contribution >= 0.6 is 0 Å². The summed E-state index contributed by atoms with van der Waals surface area (Å²) >= 11 is 0. The lowest BCUT2D eigenvalue weighted by molar-refractivity contribution is -0.660. The molecule has 0 fully saturated rings. The van der Waals surface area contributed by atoms with Crippen LogP contribution in [0.1, 0.15) is 16.7 Å². The number of aromatic nitrogens is 1. The van der Waals surface area contributed by atoms with E-state index in [0.717, 1.165) is 0 Å². The highest BCUT2D eigenvalue weighted by molar-refractivity contribution is 5.72. The number of aryl methyl sites for hydroxylation is 4. The molecule has 2 aromatic carbocycles. The fraction of sp³-hybridized carbons (Fsp3) is 0.190. The molecule has 0 atom stereocenters. The standard InChI is InChI=1S/C21H22N/c1-15-10-11-19(16(2)12-15)21-13-20(17(3)14-22(21)4)18-8-6-5-7-9-18/h5-14H,1-4H3/q+1. The van der Waals surface area contributed by atoms with Crippen molar-refractivity contribution in [3.8, 4) is 22.4 Å². The minimum Gasteiger partial charge on any atom is -0.201 e. The molecule has 0 amide bonds. The van der Waals surface area contributed by atoms with Crippen LogP contribution in [0.3, 0.4) is 0 Å². The van der Waals surface area contributed by atoms with Crippen molar-refractivity contribution in [1.29, 1.82) is 0 Å². The van der Waals surface area contributed by atoms with Crippen molar-refractivity contribution in [3.63, 3.8) is 0 Å². The molecule has 0 bridgehead atoms. The molecular weight excluding hydrogens is 266 g/mol. The molecule has 0 radical (unpaired) electrons. The quantitative estimate of drug-likeness (QED) is 0.598. The number of hydrogen-bond donors (Lipinski definition) is 0. The van der Waals surface area contributed by atoms with Gasteiger partial charge < -0.3 is 0 Å². The average Bonchev–Trinajstić information content (AvgIpc) is 2.49. The molecule has 0 aliphatic carbocycles. The highest BCUT2D eigenvalue weighted by Crippen LogP contribution is 2.28. The summed E-state index contributed by atoms with van der Waals surface area (Å²) in [6, 6.07) is 19.6. The number of rotatable bonds is 2. The van der Waals surface area contributed by atoms with Gasteiger partial charge in [0.25, 0.3) is 0 Å². The second-order valence-electron chi connectivity index (χ2n) is 6.05. The van der Waals surface area contributed by atoms with Gasteiger partial charge in [0.2, 0.25) is 5.69 Å². The van der Waals surface area contributed by atoms with Gasteiger partial charge in [-0.05, 0) is 43.5 Å². The fourth-order valence-corrected chi connectivity index (χ4v) is 3.08. The van der Waals surface area contributed by atoms with E-state index in [1.807, 2.05) is 0 Å². The van der Waals surface area contributed by atoms with Crippen molar-refractivity contribution in [3.05, 3.63) is 77.5 Å². The predicted octanol–water partition coefficient (Wildman–Crippen LogP) is 4.77. The highest BCUT2D eigenvalue weighted by atomic mass is 14.9. The molecule has 0 unspecified atom stereocenters. The van der Waals surface area contributed by atoms with E-state index in [4.69, 9.17) is 0 Å². The topological polar surface area (TPSA) is 3.88 Å². The van der Waals surface area contributed by atoms with E-state index in [2.05, 4.69) is 93.2 Å². The molecule has 0 N–H and O–H groups in total. The molecule has 22 heavy (non-hydrogen) atoms. The van der Waals surface area contributed by atoms with E-state index in [9.17, 15) is 0 Å². The Labute approximate surface area is 132 Å². The first-order valence-electron chi connectivity index (χ1n) is 7.69. The van der Waals surface area contributed by atoms with Crippen molar-refractivity contribution in [2.45, 2.75) is 20.8 Å². The Balaban J connectivity index is 2.21. The summed E-state index contributed by atoms with van der Waals surface area (Å²) in [5.74, 6) is 0. The van der Waals surface area contributed by atoms with Gasteiger partial charge in [-0.2, -0.15) is 0 Å². The van der Waals surface area contributed by atoms with Gasteiger partial charge in [-0.1, -0.05) is 48.0 Å². The summed E-state index contributed by atoms with van der Waals surface area (Å²) in [4.78, 5) is 0. The average molecular weight is 288 g/mol. The second-order valence-corrected chi connectivity index (χ2v) is 6.05. The lowest BCUT2D eigenvalue weighted by Crippen LogP contribution is -2.31. The molecule has 1 heteroatoms. The predicted molar refractivity (Wildman–Crippen MR) is 92.7 cm³/mol. The molecule has 0 saturated heterocycles. The maximum atomic E-state index is 2.31. The summed E-state index contributed by atoms with van der Waals surface area (Å²) in [5, 5.41) is 0. The van der Waals surface area contributed by atoms with Crippen molar-refractivity contribution in [2.75, 3.05) is 0 Å². The van der Waals surface area contributed by atoms with Gasteiger partial charge in [0, 0.05) is 17.2 Å². The van der Waals surface area contributed by atoms with Crippen LogP contribution in [-0.2, 0) is 7.05 Å².